The van der Waals surface area contributed by atoms with E-state index in [1.54, 1.807) is 19.2 Å². The Morgan fingerprint density at radius 3 is 2.60 bits per heavy atom. The predicted molar refractivity (Wildman–Crippen MR) is 103 cm³/mol. The molecule has 25 heavy (non-hydrogen) atoms. The van der Waals surface area contributed by atoms with Gasteiger partial charge in [-0.05, 0) is 56.5 Å². The summed E-state index contributed by atoms with van der Waals surface area (Å²) in [6, 6.07) is 7.06. The van der Waals surface area contributed by atoms with Gasteiger partial charge in [0.15, 0.2) is 15.8 Å². The van der Waals surface area contributed by atoms with E-state index in [9.17, 15) is 8.42 Å². The van der Waals surface area contributed by atoms with Gasteiger partial charge in [-0.3, -0.25) is 4.99 Å². The number of nitrogens with zero attached hydrogens (tertiary/aromatic N) is 2. The van der Waals surface area contributed by atoms with E-state index in [0.29, 0.717) is 10.8 Å². The first-order chi connectivity index (χ1) is 11.9. The molecule has 0 aliphatic carbocycles. The number of likely N-dealkylation sites (tertiary alicyclic amines) is 1. The van der Waals surface area contributed by atoms with Gasteiger partial charge in [-0.2, -0.15) is 0 Å². The van der Waals surface area contributed by atoms with Gasteiger partial charge >= 0.3 is 0 Å². The lowest BCUT2D eigenvalue weighted by molar-refractivity contribution is 0.210. The van der Waals surface area contributed by atoms with Gasteiger partial charge in [0.1, 0.15) is 0 Å². The minimum atomic E-state index is -3.13. The van der Waals surface area contributed by atoms with E-state index in [-0.39, 0.29) is 0 Å². The van der Waals surface area contributed by atoms with Crippen LogP contribution in [0.1, 0.15) is 18.4 Å². The molecule has 1 atom stereocenters. The summed E-state index contributed by atoms with van der Waals surface area (Å²) in [5.41, 5.74) is 1.10. The minimum absolute atomic E-state index is 0.360. The number of sulfone groups is 1. The highest BCUT2D eigenvalue weighted by Gasteiger charge is 2.17. The molecule has 6 nitrogen and oxygen atoms in total. The predicted octanol–water partition coefficient (Wildman–Crippen LogP) is 1.14. The molecule has 1 aromatic carbocycles. The third-order valence-corrected chi connectivity index (χ3v) is 5.69. The number of benzene rings is 1. The molecule has 1 aliphatic rings. The van der Waals surface area contributed by atoms with Crippen LogP contribution in [0.3, 0.4) is 0 Å². The largest absolute Gasteiger partial charge is 0.356 e. The molecule has 1 aliphatic heterocycles. The van der Waals surface area contributed by atoms with Crippen molar-refractivity contribution in [3.63, 3.8) is 0 Å². The molecule has 0 radical (unpaired) electrons. The molecule has 140 valence electrons. The third kappa shape index (κ3) is 6.66. The van der Waals surface area contributed by atoms with Crippen LogP contribution in [-0.2, 0) is 16.3 Å². The zero-order chi connectivity index (χ0) is 18.3. The van der Waals surface area contributed by atoms with Crippen LogP contribution in [0.4, 0.5) is 0 Å². The van der Waals surface area contributed by atoms with Crippen LogP contribution in [0.5, 0.6) is 0 Å². The maximum Gasteiger partial charge on any atom is 0.190 e. The molecule has 2 rings (SSSR count). The molecule has 0 bridgehead atoms. The lowest BCUT2D eigenvalue weighted by Crippen LogP contribution is -2.44. The van der Waals surface area contributed by atoms with Crippen molar-refractivity contribution in [2.45, 2.75) is 24.2 Å². The molecular weight excluding hydrogens is 336 g/mol. The van der Waals surface area contributed by atoms with Crippen LogP contribution in [0, 0.1) is 5.92 Å². The molecule has 1 aromatic rings. The van der Waals surface area contributed by atoms with E-state index in [4.69, 9.17) is 0 Å². The van der Waals surface area contributed by atoms with Crippen LogP contribution in [0.2, 0.25) is 0 Å². The van der Waals surface area contributed by atoms with Crippen molar-refractivity contribution in [2.75, 3.05) is 46.5 Å². The molecule has 1 heterocycles. The highest BCUT2D eigenvalue weighted by atomic mass is 32.2. The molecule has 0 aromatic heterocycles. The number of nitrogens with one attached hydrogen (secondary N) is 2. The fourth-order valence-corrected chi connectivity index (χ4v) is 3.76. The van der Waals surface area contributed by atoms with Crippen molar-refractivity contribution in [3.8, 4) is 0 Å². The monoisotopic (exact) mass is 366 g/mol. The number of rotatable bonds is 6. The Kier molecular flexibility index (Phi) is 7.25. The van der Waals surface area contributed by atoms with Gasteiger partial charge in [0.05, 0.1) is 4.90 Å². The topological polar surface area (TPSA) is 73.8 Å². The van der Waals surface area contributed by atoms with Gasteiger partial charge in [0.2, 0.25) is 0 Å². The summed E-state index contributed by atoms with van der Waals surface area (Å²) >= 11 is 0. The molecule has 1 fully saturated rings. The number of hydrogen-bond donors (Lipinski definition) is 2. The zero-order valence-electron chi connectivity index (χ0n) is 15.5. The van der Waals surface area contributed by atoms with Crippen LogP contribution >= 0.6 is 0 Å². The number of piperidine rings is 1. The standard InChI is InChI=1S/C18H30N4O2S/c1-19-18(21-13-16-5-4-12-22(2)14-16)20-11-10-15-6-8-17(9-7-15)25(3,23)24/h6-9,16H,4-5,10-14H2,1-3H3,(H2,19,20,21). The van der Waals surface area contributed by atoms with E-state index in [2.05, 4.69) is 27.6 Å². The summed E-state index contributed by atoms with van der Waals surface area (Å²) in [7, 11) is 0.828. The van der Waals surface area contributed by atoms with Gasteiger partial charge in [0, 0.05) is 32.9 Å². The van der Waals surface area contributed by atoms with Crippen LogP contribution in [0.15, 0.2) is 34.2 Å². The molecule has 0 amide bonds. The molecule has 0 spiro atoms. The highest BCUT2D eigenvalue weighted by molar-refractivity contribution is 7.90. The van der Waals surface area contributed by atoms with Crippen LogP contribution in [0.25, 0.3) is 0 Å². The summed E-state index contributed by atoms with van der Waals surface area (Å²) in [6.07, 6.45) is 4.57. The Bertz CT molecular complexity index is 671. The van der Waals surface area contributed by atoms with Gasteiger partial charge < -0.3 is 15.5 Å². The Labute approximate surface area is 151 Å². The number of hydrogen-bond acceptors (Lipinski definition) is 4. The molecular formula is C18H30N4O2S. The molecule has 0 saturated carbocycles. The SMILES string of the molecule is CN=C(NCCc1ccc(S(C)(=O)=O)cc1)NCC1CCCN(C)C1. The second-order valence-electron chi connectivity index (χ2n) is 6.82. The highest BCUT2D eigenvalue weighted by Crippen LogP contribution is 2.13. The summed E-state index contributed by atoms with van der Waals surface area (Å²) in [5, 5.41) is 6.73. The second kappa shape index (κ2) is 9.20. The third-order valence-electron chi connectivity index (χ3n) is 4.56. The minimum Gasteiger partial charge on any atom is -0.356 e. The first kappa shape index (κ1) is 19.7. The normalized spacial score (nSPS) is 19.6. The van der Waals surface area contributed by atoms with E-state index >= 15 is 0 Å². The van der Waals surface area contributed by atoms with E-state index in [0.717, 1.165) is 37.6 Å². The molecule has 1 unspecified atom stereocenters. The number of aliphatic imine (C=N–C) groups is 1. The zero-order valence-corrected chi connectivity index (χ0v) is 16.3. The van der Waals surface area contributed by atoms with Crippen molar-refractivity contribution >= 4 is 15.8 Å². The lowest BCUT2D eigenvalue weighted by Gasteiger charge is -2.30. The second-order valence-corrected chi connectivity index (χ2v) is 8.83. The molecule has 1 saturated heterocycles. The summed E-state index contributed by atoms with van der Waals surface area (Å²) in [6.45, 7) is 4.02. The van der Waals surface area contributed by atoms with Crippen LogP contribution < -0.4 is 10.6 Å². The van der Waals surface area contributed by atoms with Gasteiger partial charge in [-0.15, -0.1) is 0 Å². The summed E-state index contributed by atoms with van der Waals surface area (Å²) < 4.78 is 22.9. The summed E-state index contributed by atoms with van der Waals surface area (Å²) in [5.74, 6) is 1.49. The fourth-order valence-electron chi connectivity index (χ4n) is 3.13. The summed E-state index contributed by atoms with van der Waals surface area (Å²) in [4.78, 5) is 7.01. The number of guanidine groups is 1. The van der Waals surface area contributed by atoms with Gasteiger partial charge in [0.25, 0.3) is 0 Å². The first-order valence-electron chi connectivity index (χ1n) is 8.80. The van der Waals surface area contributed by atoms with E-state index in [1.807, 2.05) is 12.1 Å². The molecule has 7 heteroatoms. The van der Waals surface area contributed by atoms with Gasteiger partial charge in [-0.1, -0.05) is 12.1 Å². The van der Waals surface area contributed by atoms with E-state index < -0.39 is 9.84 Å². The Morgan fingerprint density at radius 1 is 1.28 bits per heavy atom. The lowest BCUT2D eigenvalue weighted by atomic mass is 9.99. The first-order valence-corrected chi connectivity index (χ1v) is 10.7. The van der Waals surface area contributed by atoms with Crippen molar-refractivity contribution in [3.05, 3.63) is 29.8 Å². The maximum atomic E-state index is 11.5. The maximum absolute atomic E-state index is 11.5. The molecule has 2 N–H and O–H groups in total. The van der Waals surface area contributed by atoms with Crippen molar-refractivity contribution in [1.29, 1.82) is 0 Å². The van der Waals surface area contributed by atoms with Gasteiger partial charge in [-0.25, -0.2) is 8.42 Å². The fraction of sp³-hybridized carbons (Fsp3) is 0.611. The average molecular weight is 367 g/mol. The Balaban J connectivity index is 1.73. The van der Waals surface area contributed by atoms with Crippen molar-refractivity contribution in [1.82, 2.24) is 15.5 Å². The Hall–Kier alpha value is -1.60. The van der Waals surface area contributed by atoms with Crippen molar-refractivity contribution < 1.29 is 8.42 Å². The smallest absolute Gasteiger partial charge is 0.190 e. The quantitative estimate of drug-likeness (QED) is 0.583. The van der Waals surface area contributed by atoms with Crippen molar-refractivity contribution in [2.24, 2.45) is 10.9 Å². The van der Waals surface area contributed by atoms with E-state index in [1.165, 1.54) is 25.6 Å². The Morgan fingerprint density at radius 2 is 2.00 bits per heavy atom. The average Bonchev–Trinajstić information content (AvgIpc) is 2.57. The van der Waals surface area contributed by atoms with Crippen LogP contribution in [-0.4, -0.2) is 65.8 Å².